The first-order chi connectivity index (χ1) is 11.2. The van der Waals surface area contributed by atoms with Crippen molar-refractivity contribution in [1.82, 2.24) is 5.32 Å². The van der Waals surface area contributed by atoms with E-state index in [1.165, 1.54) is 19.3 Å². The number of fused-ring (bicyclic) bond motifs is 2. The molecular weight excluding hydrogens is 308 g/mol. The number of carbonyl (C=O) groups is 1. The summed E-state index contributed by atoms with van der Waals surface area (Å²) in [4.78, 5) is 13.4. The zero-order valence-electron chi connectivity index (χ0n) is 13.7. The molecule has 5 heteroatoms. The molecule has 1 aromatic carbocycles. The number of nitrogens with two attached hydrogens (primary N) is 1. The molecule has 3 rings (SSSR count). The fourth-order valence-electron chi connectivity index (χ4n) is 4.07. The van der Waals surface area contributed by atoms with Crippen molar-refractivity contribution >= 4 is 17.7 Å². The Kier molecular flexibility index (Phi) is 5.49. The summed E-state index contributed by atoms with van der Waals surface area (Å²) in [6, 6.07) is 8.50. The van der Waals surface area contributed by atoms with Gasteiger partial charge in [0, 0.05) is 17.0 Å². The fourth-order valence-corrected chi connectivity index (χ4v) is 4.78. The molecule has 0 aliphatic heterocycles. The largest absolute Gasteiger partial charge is 0.497 e. The minimum Gasteiger partial charge on any atom is -0.497 e. The van der Waals surface area contributed by atoms with E-state index in [0.29, 0.717) is 29.7 Å². The number of amides is 1. The molecule has 2 saturated carbocycles. The molecule has 0 saturated heterocycles. The maximum absolute atomic E-state index is 12.3. The van der Waals surface area contributed by atoms with Crippen LogP contribution in [0, 0.1) is 11.8 Å². The molecule has 1 amide bonds. The predicted octanol–water partition coefficient (Wildman–Crippen LogP) is 2.81. The van der Waals surface area contributed by atoms with Gasteiger partial charge in [-0.15, -0.1) is 11.8 Å². The minimum absolute atomic E-state index is 0.142. The van der Waals surface area contributed by atoms with Gasteiger partial charge in [-0.05, 0) is 61.8 Å². The second kappa shape index (κ2) is 7.58. The van der Waals surface area contributed by atoms with Crippen LogP contribution < -0.4 is 15.8 Å². The van der Waals surface area contributed by atoms with E-state index in [1.54, 1.807) is 18.9 Å². The van der Waals surface area contributed by atoms with E-state index >= 15 is 0 Å². The fraction of sp³-hybridized carbons (Fsp3) is 0.611. The van der Waals surface area contributed by atoms with Crippen LogP contribution in [0.25, 0.3) is 0 Å². The number of ether oxygens (including phenoxy) is 1. The van der Waals surface area contributed by atoms with E-state index in [0.717, 1.165) is 23.5 Å². The summed E-state index contributed by atoms with van der Waals surface area (Å²) >= 11 is 1.57. The van der Waals surface area contributed by atoms with Crippen molar-refractivity contribution in [3.05, 3.63) is 24.3 Å². The van der Waals surface area contributed by atoms with Gasteiger partial charge in [-0.25, -0.2) is 0 Å². The molecule has 4 nitrogen and oxygen atoms in total. The van der Waals surface area contributed by atoms with Gasteiger partial charge in [0.25, 0.3) is 0 Å². The molecule has 0 heterocycles. The summed E-state index contributed by atoms with van der Waals surface area (Å²) in [5.74, 6) is 2.60. The van der Waals surface area contributed by atoms with Gasteiger partial charge in [-0.2, -0.15) is 0 Å². The topological polar surface area (TPSA) is 64.3 Å². The average Bonchev–Trinajstić information content (AvgIpc) is 2.54. The van der Waals surface area contributed by atoms with E-state index in [2.05, 4.69) is 5.32 Å². The zero-order valence-corrected chi connectivity index (χ0v) is 14.5. The van der Waals surface area contributed by atoms with Crippen LogP contribution in [0.4, 0.5) is 0 Å². The van der Waals surface area contributed by atoms with Crippen LogP contribution in [0.5, 0.6) is 5.75 Å². The Bertz CT molecular complexity index is 520. The smallest absolute Gasteiger partial charge is 0.230 e. The predicted molar refractivity (Wildman–Crippen MR) is 93.7 cm³/mol. The molecule has 126 valence electrons. The molecule has 2 atom stereocenters. The van der Waals surface area contributed by atoms with E-state index in [-0.39, 0.29) is 5.91 Å². The molecule has 0 radical (unpaired) electrons. The lowest BCUT2D eigenvalue weighted by molar-refractivity contribution is -0.120. The number of hydrogen-bond donors (Lipinski definition) is 2. The quantitative estimate of drug-likeness (QED) is 0.813. The number of methoxy groups -OCH3 is 1. The van der Waals surface area contributed by atoms with E-state index < -0.39 is 0 Å². The van der Waals surface area contributed by atoms with Gasteiger partial charge in [-0.3, -0.25) is 4.79 Å². The number of carbonyl (C=O) groups excluding carboxylic acids is 1. The van der Waals surface area contributed by atoms with Crippen molar-refractivity contribution in [3.8, 4) is 5.75 Å². The summed E-state index contributed by atoms with van der Waals surface area (Å²) < 4.78 is 5.15. The molecule has 23 heavy (non-hydrogen) atoms. The summed E-state index contributed by atoms with van der Waals surface area (Å²) in [7, 11) is 1.66. The molecule has 2 bridgehead atoms. The van der Waals surface area contributed by atoms with E-state index in [4.69, 9.17) is 10.5 Å². The standard InChI is InChI=1S/C18H26N2O2S/c1-22-15-5-7-16(8-6-15)23-11-17(21)20-18-12-3-2-4-13(18)10-14(19)9-12/h5-8,12-14,18H,2-4,9-11,19H2,1H3,(H,20,21). The Morgan fingerprint density at radius 1 is 1.26 bits per heavy atom. The zero-order chi connectivity index (χ0) is 16.2. The third-order valence-electron chi connectivity index (χ3n) is 5.13. The van der Waals surface area contributed by atoms with Crippen molar-refractivity contribution in [2.75, 3.05) is 12.9 Å². The summed E-state index contributed by atoms with van der Waals surface area (Å²) in [6.07, 6.45) is 5.83. The monoisotopic (exact) mass is 334 g/mol. The molecule has 2 aliphatic carbocycles. The van der Waals surface area contributed by atoms with Crippen LogP contribution in [0.1, 0.15) is 32.1 Å². The third kappa shape index (κ3) is 4.21. The Morgan fingerprint density at radius 3 is 2.52 bits per heavy atom. The molecule has 1 aromatic rings. The van der Waals surface area contributed by atoms with E-state index in [9.17, 15) is 4.79 Å². The highest BCUT2D eigenvalue weighted by Gasteiger charge is 2.39. The Balaban J connectivity index is 1.50. The lowest BCUT2D eigenvalue weighted by Gasteiger charge is -2.45. The van der Waals surface area contributed by atoms with Gasteiger partial charge in [-0.1, -0.05) is 6.42 Å². The summed E-state index contributed by atoms with van der Waals surface area (Å²) in [6.45, 7) is 0. The van der Waals surface area contributed by atoms with Crippen LogP contribution in [0.15, 0.2) is 29.2 Å². The SMILES string of the molecule is COc1ccc(SCC(=O)NC2C3CCCC2CC(N)C3)cc1. The Hall–Kier alpha value is -1.20. The molecule has 2 aliphatic rings. The number of hydrogen-bond acceptors (Lipinski definition) is 4. The van der Waals surface area contributed by atoms with Crippen molar-refractivity contribution in [3.63, 3.8) is 0 Å². The number of rotatable bonds is 5. The summed E-state index contributed by atoms with van der Waals surface area (Å²) in [5, 5.41) is 3.29. The highest BCUT2D eigenvalue weighted by molar-refractivity contribution is 8.00. The first-order valence-corrected chi connectivity index (χ1v) is 9.46. The van der Waals surface area contributed by atoms with Crippen LogP contribution in [-0.4, -0.2) is 30.9 Å². The minimum atomic E-state index is 0.142. The first-order valence-electron chi connectivity index (χ1n) is 8.47. The van der Waals surface area contributed by atoms with Crippen molar-refractivity contribution in [2.45, 2.75) is 49.1 Å². The van der Waals surface area contributed by atoms with Gasteiger partial charge < -0.3 is 15.8 Å². The lowest BCUT2D eigenvalue weighted by atomic mass is 9.67. The molecule has 2 fully saturated rings. The van der Waals surface area contributed by atoms with Crippen LogP contribution in [0.3, 0.4) is 0 Å². The maximum Gasteiger partial charge on any atom is 0.230 e. The maximum atomic E-state index is 12.3. The number of benzene rings is 1. The van der Waals surface area contributed by atoms with Gasteiger partial charge >= 0.3 is 0 Å². The molecule has 2 unspecified atom stereocenters. The second-order valence-corrected chi connectivity index (χ2v) is 7.79. The van der Waals surface area contributed by atoms with Gasteiger partial charge in [0.2, 0.25) is 5.91 Å². The third-order valence-corrected chi connectivity index (χ3v) is 6.15. The lowest BCUT2D eigenvalue weighted by Crippen LogP contribution is -2.54. The Morgan fingerprint density at radius 2 is 1.91 bits per heavy atom. The highest BCUT2D eigenvalue weighted by Crippen LogP contribution is 2.39. The van der Waals surface area contributed by atoms with Crippen molar-refractivity contribution in [2.24, 2.45) is 17.6 Å². The molecule has 0 aromatic heterocycles. The highest BCUT2D eigenvalue weighted by atomic mass is 32.2. The number of nitrogens with one attached hydrogen (secondary N) is 1. The Labute approximate surface area is 142 Å². The van der Waals surface area contributed by atoms with Crippen molar-refractivity contribution in [1.29, 1.82) is 0 Å². The van der Waals surface area contributed by atoms with Crippen LogP contribution in [0.2, 0.25) is 0 Å². The average molecular weight is 334 g/mol. The van der Waals surface area contributed by atoms with Gasteiger partial charge in [0.1, 0.15) is 5.75 Å². The van der Waals surface area contributed by atoms with Gasteiger partial charge in [0.05, 0.1) is 12.9 Å². The van der Waals surface area contributed by atoms with Gasteiger partial charge in [0.15, 0.2) is 0 Å². The first kappa shape index (κ1) is 16.7. The van der Waals surface area contributed by atoms with Crippen LogP contribution in [-0.2, 0) is 4.79 Å². The molecule has 0 spiro atoms. The molecular formula is C18H26N2O2S. The van der Waals surface area contributed by atoms with Crippen molar-refractivity contribution < 1.29 is 9.53 Å². The van der Waals surface area contributed by atoms with Crippen LogP contribution >= 0.6 is 11.8 Å². The normalized spacial score (nSPS) is 29.8. The summed E-state index contributed by atoms with van der Waals surface area (Å²) in [5.41, 5.74) is 6.15. The number of thioether (sulfide) groups is 1. The second-order valence-electron chi connectivity index (χ2n) is 6.74. The van der Waals surface area contributed by atoms with E-state index in [1.807, 2.05) is 24.3 Å². The molecule has 3 N–H and O–H groups in total.